The Bertz CT molecular complexity index is 638. The molecule has 1 atom stereocenters. The third-order valence-electron chi connectivity index (χ3n) is 3.54. The smallest absolute Gasteiger partial charge is 0.251 e. The molecular formula is C17H17NOS. The Balaban J connectivity index is 1.81. The van der Waals surface area contributed by atoms with E-state index >= 15 is 0 Å². The minimum Gasteiger partial charge on any atom is -0.345 e. The van der Waals surface area contributed by atoms with Crippen LogP contribution < -0.4 is 5.32 Å². The molecule has 0 aliphatic carbocycles. The number of amides is 1. The van der Waals surface area contributed by atoms with Crippen LogP contribution in [0.2, 0.25) is 0 Å². The number of carbonyl (C=O) groups excluding carboxylic acids is 1. The Morgan fingerprint density at radius 3 is 2.90 bits per heavy atom. The standard InChI is InChI=1S/C17H17NOS/c1-12-5-4-6-13(11-12)17(19)18-15-9-10-20-16-8-3-2-7-14(15)16/h2-8,11,15H,9-10H2,1H3,(H,18,19). The molecule has 0 spiro atoms. The molecule has 102 valence electrons. The highest BCUT2D eigenvalue weighted by Gasteiger charge is 2.22. The quantitative estimate of drug-likeness (QED) is 0.904. The zero-order valence-electron chi connectivity index (χ0n) is 11.4. The van der Waals surface area contributed by atoms with Crippen LogP contribution in [0.15, 0.2) is 53.4 Å². The largest absolute Gasteiger partial charge is 0.345 e. The van der Waals surface area contributed by atoms with E-state index in [1.807, 2.05) is 49.0 Å². The highest BCUT2D eigenvalue weighted by molar-refractivity contribution is 7.99. The lowest BCUT2D eigenvalue weighted by Gasteiger charge is -2.25. The SMILES string of the molecule is Cc1cccc(C(=O)NC2CCSc3ccccc32)c1. The van der Waals surface area contributed by atoms with Crippen LogP contribution in [0.5, 0.6) is 0 Å². The summed E-state index contributed by atoms with van der Waals surface area (Å²) in [6.07, 6.45) is 0.985. The predicted molar refractivity (Wildman–Crippen MR) is 83.2 cm³/mol. The van der Waals surface area contributed by atoms with E-state index in [1.165, 1.54) is 10.5 Å². The topological polar surface area (TPSA) is 29.1 Å². The van der Waals surface area contributed by atoms with Crippen molar-refractivity contribution >= 4 is 17.7 Å². The van der Waals surface area contributed by atoms with Gasteiger partial charge in [0.15, 0.2) is 0 Å². The van der Waals surface area contributed by atoms with Gasteiger partial charge in [-0.2, -0.15) is 0 Å². The van der Waals surface area contributed by atoms with E-state index in [0.717, 1.165) is 23.3 Å². The summed E-state index contributed by atoms with van der Waals surface area (Å²) in [5, 5.41) is 3.17. The van der Waals surface area contributed by atoms with Gasteiger partial charge in [-0.25, -0.2) is 0 Å². The highest BCUT2D eigenvalue weighted by Crippen LogP contribution is 2.35. The fourth-order valence-corrected chi connectivity index (χ4v) is 3.65. The number of benzene rings is 2. The predicted octanol–water partition coefficient (Wildman–Crippen LogP) is 3.96. The molecular weight excluding hydrogens is 266 g/mol. The van der Waals surface area contributed by atoms with E-state index in [-0.39, 0.29) is 11.9 Å². The summed E-state index contributed by atoms with van der Waals surface area (Å²) in [5.41, 5.74) is 3.09. The molecule has 2 aromatic rings. The normalized spacial score (nSPS) is 17.4. The molecule has 1 unspecified atom stereocenters. The molecule has 0 saturated heterocycles. The Morgan fingerprint density at radius 1 is 1.20 bits per heavy atom. The van der Waals surface area contributed by atoms with E-state index < -0.39 is 0 Å². The van der Waals surface area contributed by atoms with Gasteiger partial charge < -0.3 is 5.32 Å². The molecule has 1 N–H and O–H groups in total. The van der Waals surface area contributed by atoms with Crippen molar-refractivity contribution in [1.29, 1.82) is 0 Å². The van der Waals surface area contributed by atoms with Crippen molar-refractivity contribution < 1.29 is 4.79 Å². The Labute approximate surface area is 123 Å². The number of rotatable bonds is 2. The second-order valence-electron chi connectivity index (χ2n) is 5.07. The van der Waals surface area contributed by atoms with Crippen molar-refractivity contribution in [2.75, 3.05) is 5.75 Å². The van der Waals surface area contributed by atoms with Gasteiger partial charge >= 0.3 is 0 Å². The van der Waals surface area contributed by atoms with Gasteiger partial charge in [0.2, 0.25) is 0 Å². The zero-order chi connectivity index (χ0) is 13.9. The second-order valence-corrected chi connectivity index (χ2v) is 6.21. The molecule has 0 fully saturated rings. The van der Waals surface area contributed by atoms with Gasteiger partial charge in [-0.3, -0.25) is 4.79 Å². The maximum atomic E-state index is 12.4. The number of nitrogens with one attached hydrogen (secondary N) is 1. The molecule has 20 heavy (non-hydrogen) atoms. The van der Waals surface area contributed by atoms with Crippen molar-refractivity contribution in [3.8, 4) is 0 Å². The molecule has 0 bridgehead atoms. The van der Waals surface area contributed by atoms with E-state index in [0.29, 0.717) is 0 Å². The lowest BCUT2D eigenvalue weighted by molar-refractivity contribution is 0.0935. The van der Waals surface area contributed by atoms with Crippen molar-refractivity contribution in [3.63, 3.8) is 0 Å². The molecule has 0 saturated carbocycles. The molecule has 0 radical (unpaired) electrons. The molecule has 1 aliphatic rings. The van der Waals surface area contributed by atoms with Crippen LogP contribution >= 0.6 is 11.8 Å². The van der Waals surface area contributed by atoms with Crippen molar-refractivity contribution in [2.45, 2.75) is 24.3 Å². The average molecular weight is 283 g/mol. The Morgan fingerprint density at radius 2 is 2.05 bits per heavy atom. The summed E-state index contributed by atoms with van der Waals surface area (Å²) in [6.45, 7) is 2.00. The van der Waals surface area contributed by atoms with Crippen LogP contribution in [0.3, 0.4) is 0 Å². The van der Waals surface area contributed by atoms with Crippen molar-refractivity contribution in [1.82, 2.24) is 5.32 Å². The van der Waals surface area contributed by atoms with Gasteiger partial charge in [0.1, 0.15) is 0 Å². The van der Waals surface area contributed by atoms with Crippen LogP contribution in [-0.4, -0.2) is 11.7 Å². The number of thioether (sulfide) groups is 1. The molecule has 1 heterocycles. The molecule has 2 nitrogen and oxygen atoms in total. The number of hydrogen-bond acceptors (Lipinski definition) is 2. The number of aryl methyl sites for hydroxylation is 1. The summed E-state index contributed by atoms with van der Waals surface area (Å²) < 4.78 is 0. The van der Waals surface area contributed by atoms with Gasteiger partial charge in [0.25, 0.3) is 5.91 Å². The van der Waals surface area contributed by atoms with Gasteiger partial charge in [-0.1, -0.05) is 35.9 Å². The third kappa shape index (κ3) is 2.73. The minimum atomic E-state index is 0.0143. The first-order valence-corrected chi connectivity index (χ1v) is 7.82. The Hall–Kier alpha value is -1.74. The van der Waals surface area contributed by atoms with Gasteiger partial charge in [0, 0.05) is 16.2 Å². The third-order valence-corrected chi connectivity index (χ3v) is 4.67. The lowest BCUT2D eigenvalue weighted by atomic mass is 10.0. The fraction of sp³-hybridized carbons (Fsp3) is 0.235. The van der Waals surface area contributed by atoms with Crippen molar-refractivity contribution in [3.05, 3.63) is 65.2 Å². The summed E-state index contributed by atoms with van der Waals surface area (Å²) in [4.78, 5) is 13.6. The van der Waals surface area contributed by atoms with Gasteiger partial charge in [0.05, 0.1) is 6.04 Å². The lowest BCUT2D eigenvalue weighted by Crippen LogP contribution is -2.30. The first-order chi connectivity index (χ1) is 9.74. The van der Waals surface area contributed by atoms with Crippen LogP contribution in [0.1, 0.15) is 33.9 Å². The summed E-state index contributed by atoms with van der Waals surface area (Å²) in [6, 6.07) is 16.2. The first-order valence-electron chi connectivity index (χ1n) is 6.83. The molecule has 3 rings (SSSR count). The maximum absolute atomic E-state index is 12.4. The number of hydrogen-bond donors (Lipinski definition) is 1. The van der Waals surface area contributed by atoms with Crippen LogP contribution in [-0.2, 0) is 0 Å². The van der Waals surface area contributed by atoms with E-state index in [4.69, 9.17) is 0 Å². The van der Waals surface area contributed by atoms with Crippen LogP contribution in [0.4, 0.5) is 0 Å². The van der Waals surface area contributed by atoms with Gasteiger partial charge in [-0.05, 0) is 37.1 Å². The summed E-state index contributed by atoms with van der Waals surface area (Å²) >= 11 is 1.87. The fourth-order valence-electron chi connectivity index (χ4n) is 2.52. The average Bonchev–Trinajstić information content (AvgIpc) is 2.47. The van der Waals surface area contributed by atoms with E-state index in [1.54, 1.807) is 0 Å². The van der Waals surface area contributed by atoms with E-state index in [9.17, 15) is 4.79 Å². The molecule has 3 heteroatoms. The summed E-state index contributed by atoms with van der Waals surface area (Å²) in [5.74, 6) is 1.07. The molecule has 1 amide bonds. The molecule has 0 aromatic heterocycles. The zero-order valence-corrected chi connectivity index (χ0v) is 12.2. The first kappa shape index (κ1) is 13.3. The summed E-state index contributed by atoms with van der Waals surface area (Å²) in [7, 11) is 0. The minimum absolute atomic E-state index is 0.0143. The molecule has 1 aliphatic heterocycles. The highest BCUT2D eigenvalue weighted by atomic mass is 32.2. The van der Waals surface area contributed by atoms with E-state index in [2.05, 4.69) is 23.5 Å². The number of fused-ring (bicyclic) bond motifs is 1. The van der Waals surface area contributed by atoms with Crippen LogP contribution in [0.25, 0.3) is 0 Å². The van der Waals surface area contributed by atoms with Crippen LogP contribution in [0, 0.1) is 6.92 Å². The maximum Gasteiger partial charge on any atom is 0.251 e. The van der Waals surface area contributed by atoms with Gasteiger partial charge in [-0.15, -0.1) is 11.8 Å². The second kappa shape index (κ2) is 5.71. The monoisotopic (exact) mass is 283 g/mol. The molecule has 2 aromatic carbocycles. The number of carbonyl (C=O) groups is 1. The Kier molecular flexibility index (Phi) is 3.79. The van der Waals surface area contributed by atoms with Crippen molar-refractivity contribution in [2.24, 2.45) is 0 Å².